The van der Waals surface area contributed by atoms with Gasteiger partial charge in [-0.3, -0.25) is 4.90 Å². The number of benzene rings is 2. The molecule has 1 heterocycles. The van der Waals surface area contributed by atoms with Crippen molar-refractivity contribution in [2.45, 2.75) is 0 Å². The number of ether oxygens (including phenoxy) is 1. The van der Waals surface area contributed by atoms with Crippen molar-refractivity contribution in [3.05, 3.63) is 54.6 Å². The minimum Gasteiger partial charge on any atom is -0.495 e. The zero-order chi connectivity index (χ0) is 16.9. The van der Waals surface area contributed by atoms with E-state index in [1.165, 1.54) is 0 Å². The van der Waals surface area contributed by atoms with E-state index < -0.39 is 0 Å². The van der Waals surface area contributed by atoms with Crippen molar-refractivity contribution >= 4 is 17.4 Å². The highest BCUT2D eigenvalue weighted by atomic mass is 16.5. The molecule has 0 aliphatic carbocycles. The van der Waals surface area contributed by atoms with Gasteiger partial charge in [-0.2, -0.15) is 0 Å². The van der Waals surface area contributed by atoms with Gasteiger partial charge >= 0.3 is 6.03 Å². The van der Waals surface area contributed by atoms with Crippen LogP contribution in [0.2, 0.25) is 0 Å². The summed E-state index contributed by atoms with van der Waals surface area (Å²) in [6.45, 7) is 3.01. The maximum atomic E-state index is 12.7. The van der Waals surface area contributed by atoms with Crippen LogP contribution < -0.4 is 14.5 Å². The fourth-order valence-electron chi connectivity index (χ4n) is 3.00. The molecule has 0 atom stereocenters. The van der Waals surface area contributed by atoms with Crippen molar-refractivity contribution in [3.63, 3.8) is 0 Å². The molecule has 0 radical (unpaired) electrons. The van der Waals surface area contributed by atoms with E-state index in [0.717, 1.165) is 30.2 Å². The van der Waals surface area contributed by atoms with E-state index in [9.17, 15) is 4.79 Å². The highest BCUT2D eigenvalue weighted by molar-refractivity contribution is 5.91. The number of rotatable bonds is 3. The molecule has 0 bridgehead atoms. The van der Waals surface area contributed by atoms with Gasteiger partial charge in [0.15, 0.2) is 0 Å². The monoisotopic (exact) mass is 325 g/mol. The summed E-state index contributed by atoms with van der Waals surface area (Å²) in [4.78, 5) is 18.6. The number of hydrogen-bond acceptors (Lipinski definition) is 3. The second kappa shape index (κ2) is 7.25. The summed E-state index contributed by atoms with van der Waals surface area (Å²) < 4.78 is 5.44. The lowest BCUT2D eigenvalue weighted by atomic mass is 10.2. The van der Waals surface area contributed by atoms with E-state index in [2.05, 4.69) is 11.0 Å². The minimum absolute atomic E-state index is 0.0425. The lowest BCUT2D eigenvalue weighted by Gasteiger charge is -2.38. The van der Waals surface area contributed by atoms with Crippen molar-refractivity contribution in [1.82, 2.24) is 4.90 Å². The maximum absolute atomic E-state index is 12.7. The summed E-state index contributed by atoms with van der Waals surface area (Å²) in [5.74, 6) is 0.874. The Labute approximate surface area is 143 Å². The van der Waals surface area contributed by atoms with Crippen molar-refractivity contribution in [1.29, 1.82) is 0 Å². The number of hydrogen-bond donors (Lipinski definition) is 0. The van der Waals surface area contributed by atoms with Crippen LogP contribution in [0.5, 0.6) is 5.75 Å². The van der Waals surface area contributed by atoms with Gasteiger partial charge in [0.2, 0.25) is 0 Å². The van der Waals surface area contributed by atoms with Crippen LogP contribution in [0.4, 0.5) is 16.2 Å². The topological polar surface area (TPSA) is 36.0 Å². The van der Waals surface area contributed by atoms with Crippen LogP contribution in [0.3, 0.4) is 0 Å². The SMILES string of the molecule is COc1ccccc1N1CCN(C(=O)N(C)c2ccccc2)CC1. The van der Waals surface area contributed by atoms with Crippen LogP contribution in [-0.4, -0.2) is 51.3 Å². The second-order valence-corrected chi connectivity index (χ2v) is 5.82. The van der Waals surface area contributed by atoms with E-state index in [1.54, 1.807) is 12.0 Å². The summed E-state index contributed by atoms with van der Waals surface area (Å²) >= 11 is 0. The molecule has 5 nitrogen and oxygen atoms in total. The van der Waals surface area contributed by atoms with Gasteiger partial charge < -0.3 is 14.5 Å². The Morgan fingerprint density at radius 3 is 2.25 bits per heavy atom. The van der Waals surface area contributed by atoms with Crippen molar-refractivity contribution in [3.8, 4) is 5.75 Å². The van der Waals surface area contributed by atoms with Gasteiger partial charge in [0, 0.05) is 38.9 Å². The molecular formula is C19H23N3O2. The van der Waals surface area contributed by atoms with E-state index >= 15 is 0 Å². The van der Waals surface area contributed by atoms with Crippen LogP contribution in [0.25, 0.3) is 0 Å². The molecule has 3 rings (SSSR count). The van der Waals surface area contributed by atoms with Gasteiger partial charge in [0.1, 0.15) is 5.75 Å². The first-order chi connectivity index (χ1) is 11.7. The summed E-state index contributed by atoms with van der Waals surface area (Å²) in [5, 5.41) is 0. The number of amides is 2. The standard InChI is InChI=1S/C19H23N3O2/c1-20(16-8-4-3-5-9-16)19(23)22-14-12-21(13-15-22)17-10-6-7-11-18(17)24-2/h3-11H,12-15H2,1-2H3. The highest BCUT2D eigenvalue weighted by Crippen LogP contribution is 2.28. The molecule has 1 aliphatic heterocycles. The molecule has 2 aromatic carbocycles. The van der Waals surface area contributed by atoms with E-state index in [0.29, 0.717) is 13.1 Å². The van der Waals surface area contributed by atoms with Crippen LogP contribution in [0.1, 0.15) is 0 Å². The number of carbonyl (C=O) groups excluding carboxylic acids is 1. The molecule has 0 N–H and O–H groups in total. The van der Waals surface area contributed by atoms with Crippen molar-refractivity contribution in [2.24, 2.45) is 0 Å². The Kier molecular flexibility index (Phi) is 4.89. The molecule has 2 amide bonds. The van der Waals surface area contributed by atoms with E-state index in [1.807, 2.05) is 60.5 Å². The summed E-state index contributed by atoms with van der Waals surface area (Å²) in [5.41, 5.74) is 2.00. The third-order valence-electron chi connectivity index (χ3n) is 4.41. The quantitative estimate of drug-likeness (QED) is 0.870. The van der Waals surface area contributed by atoms with Gasteiger partial charge in [0.05, 0.1) is 12.8 Å². The molecule has 0 aromatic heterocycles. The van der Waals surface area contributed by atoms with Gasteiger partial charge in [-0.05, 0) is 24.3 Å². The predicted molar refractivity (Wildman–Crippen MR) is 97.0 cm³/mol. The molecule has 1 aliphatic rings. The highest BCUT2D eigenvalue weighted by Gasteiger charge is 2.25. The normalized spacial score (nSPS) is 14.4. The third kappa shape index (κ3) is 3.30. The number of methoxy groups -OCH3 is 1. The van der Waals surface area contributed by atoms with Crippen LogP contribution >= 0.6 is 0 Å². The Morgan fingerprint density at radius 1 is 0.958 bits per heavy atom. The number of piperazine rings is 1. The first-order valence-corrected chi connectivity index (χ1v) is 8.16. The van der Waals surface area contributed by atoms with Gasteiger partial charge in [-0.25, -0.2) is 4.79 Å². The molecule has 0 unspecified atom stereocenters. The minimum atomic E-state index is 0.0425. The molecule has 5 heteroatoms. The maximum Gasteiger partial charge on any atom is 0.324 e. The van der Waals surface area contributed by atoms with Crippen LogP contribution in [0, 0.1) is 0 Å². The van der Waals surface area contributed by atoms with Crippen molar-refractivity contribution in [2.75, 3.05) is 50.1 Å². The molecule has 2 aromatic rings. The fourth-order valence-corrected chi connectivity index (χ4v) is 3.00. The van der Waals surface area contributed by atoms with E-state index in [-0.39, 0.29) is 6.03 Å². The first kappa shape index (κ1) is 16.2. The molecule has 1 fully saturated rings. The number of urea groups is 1. The van der Waals surface area contributed by atoms with E-state index in [4.69, 9.17) is 4.74 Å². The van der Waals surface area contributed by atoms with Gasteiger partial charge in [0.25, 0.3) is 0 Å². The fraction of sp³-hybridized carbons (Fsp3) is 0.316. The van der Waals surface area contributed by atoms with Crippen LogP contribution in [-0.2, 0) is 0 Å². The lowest BCUT2D eigenvalue weighted by Crippen LogP contribution is -2.52. The third-order valence-corrected chi connectivity index (χ3v) is 4.41. The van der Waals surface area contributed by atoms with Gasteiger partial charge in [-0.1, -0.05) is 30.3 Å². The largest absolute Gasteiger partial charge is 0.495 e. The molecule has 24 heavy (non-hydrogen) atoms. The summed E-state index contributed by atoms with van der Waals surface area (Å²) in [6, 6.07) is 17.8. The summed E-state index contributed by atoms with van der Waals surface area (Å²) in [7, 11) is 3.51. The number of anilines is 2. The number of carbonyl (C=O) groups is 1. The zero-order valence-corrected chi connectivity index (χ0v) is 14.2. The molecule has 1 saturated heterocycles. The predicted octanol–water partition coefficient (Wildman–Crippen LogP) is 3.07. The molecule has 0 spiro atoms. The number of para-hydroxylation sites is 3. The average Bonchev–Trinajstić information content (AvgIpc) is 2.67. The lowest BCUT2D eigenvalue weighted by molar-refractivity contribution is 0.202. The number of nitrogens with zero attached hydrogens (tertiary/aromatic N) is 3. The second-order valence-electron chi connectivity index (χ2n) is 5.82. The zero-order valence-electron chi connectivity index (χ0n) is 14.2. The molecule has 0 saturated carbocycles. The molecular weight excluding hydrogens is 302 g/mol. The van der Waals surface area contributed by atoms with Crippen molar-refractivity contribution < 1.29 is 9.53 Å². The Hall–Kier alpha value is -2.69. The first-order valence-electron chi connectivity index (χ1n) is 8.16. The van der Waals surface area contributed by atoms with Gasteiger partial charge in [-0.15, -0.1) is 0 Å². The molecule has 126 valence electrons. The van der Waals surface area contributed by atoms with Crippen LogP contribution in [0.15, 0.2) is 54.6 Å². The smallest absolute Gasteiger partial charge is 0.324 e. The Morgan fingerprint density at radius 2 is 1.58 bits per heavy atom. The average molecular weight is 325 g/mol. The Bertz CT molecular complexity index is 682. The Balaban J connectivity index is 1.63. The summed E-state index contributed by atoms with van der Waals surface area (Å²) in [6.07, 6.45) is 0.